The molecule has 0 radical (unpaired) electrons. The summed E-state index contributed by atoms with van der Waals surface area (Å²) in [5.41, 5.74) is 7.14. The van der Waals surface area contributed by atoms with E-state index < -0.39 is 11.9 Å². The maximum atomic E-state index is 12.5. The monoisotopic (exact) mass is 643 g/mol. The molecule has 0 fully saturated rings. The molecule has 5 N–H and O–H groups in total. The van der Waals surface area contributed by atoms with Crippen LogP contribution in [0.2, 0.25) is 10.0 Å². The second-order valence-corrected chi connectivity index (χ2v) is 9.64. The van der Waals surface area contributed by atoms with E-state index in [9.17, 15) is 19.2 Å². The number of nitrogens with two attached hydrogens (primary N) is 1. The van der Waals surface area contributed by atoms with Crippen LogP contribution in [0.4, 0.5) is 0 Å². The average molecular weight is 645 g/mol. The molecule has 0 aromatic heterocycles. The Morgan fingerprint density at radius 3 is 2.14 bits per heavy atom. The minimum Gasteiger partial charge on any atom is -0.486 e. The topological polar surface area (TPSA) is 185 Å². The third kappa shape index (κ3) is 13.6. The number of ether oxygens (including phenoxy) is 5. The normalized spacial score (nSPS) is 10.8. The molecule has 43 heavy (non-hydrogen) atoms. The highest BCUT2D eigenvalue weighted by Gasteiger charge is 2.17. The number of halogens is 2. The second-order valence-electron chi connectivity index (χ2n) is 8.86. The number of nitrogens with one attached hydrogen (secondary N) is 2. The van der Waals surface area contributed by atoms with E-state index >= 15 is 0 Å². The van der Waals surface area contributed by atoms with Gasteiger partial charge in [0.2, 0.25) is 11.8 Å². The summed E-state index contributed by atoms with van der Waals surface area (Å²) in [5, 5.41) is 14.1. The molecule has 0 aliphatic carbocycles. The molecule has 2 aromatic rings. The zero-order chi connectivity index (χ0) is 31.6. The molecule has 2 rings (SSSR count). The fraction of sp³-hybridized carbons (Fsp3) is 0.429. The standard InChI is InChI=1S/C28H35Cl2N3O10/c1-18-21(27(31)37)14-22(29)26(25(18)30)43-15-19-3-2-4-20(13-19)28(38)33-6-8-40-9-11-41-16-23(34)32-5-7-39-10-12-42-17-24(35)36/h2-4,13-14H,5-12,15-17H2,1H3,(H2,31,37)(H,32,34)(H,33,38)(H,35,36). The average Bonchev–Trinajstić information content (AvgIpc) is 2.97. The number of benzene rings is 2. The van der Waals surface area contributed by atoms with Gasteiger partial charge in [0.15, 0.2) is 5.75 Å². The van der Waals surface area contributed by atoms with Gasteiger partial charge in [-0.2, -0.15) is 0 Å². The first kappa shape index (κ1) is 35.7. The van der Waals surface area contributed by atoms with Crippen LogP contribution in [-0.2, 0) is 35.1 Å². The molecule has 0 spiro atoms. The molecule has 0 aliphatic rings. The Bertz CT molecular complexity index is 1250. The molecule has 0 atom stereocenters. The third-order valence-electron chi connectivity index (χ3n) is 5.56. The molecule has 236 valence electrons. The zero-order valence-electron chi connectivity index (χ0n) is 23.6. The van der Waals surface area contributed by atoms with Crippen LogP contribution in [0.3, 0.4) is 0 Å². The maximum Gasteiger partial charge on any atom is 0.329 e. The van der Waals surface area contributed by atoms with E-state index in [-0.39, 0.29) is 106 Å². The van der Waals surface area contributed by atoms with E-state index in [0.29, 0.717) is 16.7 Å². The number of aliphatic carboxylic acids is 1. The third-order valence-corrected chi connectivity index (χ3v) is 6.30. The lowest BCUT2D eigenvalue weighted by Crippen LogP contribution is -2.31. The summed E-state index contributed by atoms with van der Waals surface area (Å²) < 4.78 is 26.4. The van der Waals surface area contributed by atoms with E-state index in [4.69, 9.17) is 57.7 Å². The largest absolute Gasteiger partial charge is 0.486 e. The van der Waals surface area contributed by atoms with Crippen LogP contribution in [0.25, 0.3) is 0 Å². The number of hydrogen-bond acceptors (Lipinski definition) is 9. The van der Waals surface area contributed by atoms with Crippen LogP contribution in [0.1, 0.15) is 31.8 Å². The predicted octanol–water partition coefficient (Wildman–Crippen LogP) is 1.98. The number of primary amides is 1. The second kappa shape index (κ2) is 19.7. The van der Waals surface area contributed by atoms with Crippen LogP contribution in [0.5, 0.6) is 5.75 Å². The van der Waals surface area contributed by atoms with Gasteiger partial charge in [0.25, 0.3) is 5.91 Å². The van der Waals surface area contributed by atoms with Crippen molar-refractivity contribution < 1.29 is 48.0 Å². The Labute approximate surface area is 258 Å². The van der Waals surface area contributed by atoms with Crippen molar-refractivity contribution in [3.05, 3.63) is 62.6 Å². The van der Waals surface area contributed by atoms with Crippen LogP contribution in [0, 0.1) is 6.92 Å². The molecule has 0 saturated carbocycles. The van der Waals surface area contributed by atoms with Gasteiger partial charge in [0, 0.05) is 24.2 Å². The van der Waals surface area contributed by atoms with Crippen molar-refractivity contribution in [2.45, 2.75) is 13.5 Å². The lowest BCUT2D eigenvalue weighted by molar-refractivity contribution is -0.142. The predicted molar refractivity (Wildman–Crippen MR) is 157 cm³/mol. The highest BCUT2D eigenvalue weighted by molar-refractivity contribution is 6.38. The smallest absolute Gasteiger partial charge is 0.329 e. The van der Waals surface area contributed by atoms with Crippen molar-refractivity contribution in [3.8, 4) is 5.75 Å². The molecule has 13 nitrogen and oxygen atoms in total. The van der Waals surface area contributed by atoms with Crippen LogP contribution in [0.15, 0.2) is 30.3 Å². The lowest BCUT2D eigenvalue weighted by Gasteiger charge is -2.14. The fourth-order valence-corrected chi connectivity index (χ4v) is 4.02. The number of carboxylic acid groups (broad SMARTS) is 1. The number of carbonyl (C=O) groups excluding carboxylic acids is 3. The quantitative estimate of drug-likeness (QED) is 0.147. The lowest BCUT2D eigenvalue weighted by atomic mass is 10.1. The Hall–Kier alpha value is -3.46. The number of carboxylic acids is 1. The highest BCUT2D eigenvalue weighted by Crippen LogP contribution is 2.38. The van der Waals surface area contributed by atoms with Gasteiger partial charge in [-0.05, 0) is 36.2 Å². The van der Waals surface area contributed by atoms with Crippen molar-refractivity contribution in [2.24, 2.45) is 5.73 Å². The van der Waals surface area contributed by atoms with Crippen LogP contribution >= 0.6 is 23.2 Å². The van der Waals surface area contributed by atoms with Crippen molar-refractivity contribution in [1.82, 2.24) is 10.6 Å². The summed E-state index contributed by atoms with van der Waals surface area (Å²) in [4.78, 5) is 46.1. The summed E-state index contributed by atoms with van der Waals surface area (Å²) in [6.45, 7) is 3.05. The Morgan fingerprint density at radius 1 is 0.860 bits per heavy atom. The summed E-state index contributed by atoms with van der Waals surface area (Å²) in [5.74, 6) is -2.09. The first-order chi connectivity index (χ1) is 20.6. The molecule has 0 unspecified atom stereocenters. The van der Waals surface area contributed by atoms with E-state index in [1.807, 2.05) is 0 Å². The summed E-state index contributed by atoms with van der Waals surface area (Å²) in [7, 11) is 0. The number of carbonyl (C=O) groups is 4. The molecule has 2 aromatic carbocycles. The van der Waals surface area contributed by atoms with Crippen LogP contribution < -0.4 is 21.1 Å². The molecule has 15 heteroatoms. The van der Waals surface area contributed by atoms with E-state index in [1.54, 1.807) is 31.2 Å². The van der Waals surface area contributed by atoms with Gasteiger partial charge in [-0.1, -0.05) is 35.3 Å². The van der Waals surface area contributed by atoms with Gasteiger partial charge in [-0.25, -0.2) is 4.79 Å². The first-order valence-electron chi connectivity index (χ1n) is 13.2. The molecule has 0 saturated heterocycles. The SMILES string of the molecule is Cc1c(C(N)=O)cc(Cl)c(OCc2cccc(C(=O)NCCOCCOCC(=O)NCCOCCOCC(=O)O)c2)c1Cl. The summed E-state index contributed by atoms with van der Waals surface area (Å²) in [6.07, 6.45) is 0. The molecular formula is C28H35Cl2N3O10. The van der Waals surface area contributed by atoms with Crippen LogP contribution in [-0.4, -0.2) is 94.7 Å². The Kier molecular flexibility index (Phi) is 16.4. The van der Waals surface area contributed by atoms with Crippen molar-refractivity contribution in [3.63, 3.8) is 0 Å². The van der Waals surface area contributed by atoms with Crippen molar-refractivity contribution in [1.29, 1.82) is 0 Å². The minimum absolute atomic E-state index is 0.0798. The Balaban J connectivity index is 1.58. The van der Waals surface area contributed by atoms with E-state index in [2.05, 4.69) is 10.6 Å². The fourth-order valence-electron chi connectivity index (χ4n) is 3.46. The van der Waals surface area contributed by atoms with Gasteiger partial charge in [-0.15, -0.1) is 0 Å². The van der Waals surface area contributed by atoms with Gasteiger partial charge in [0.1, 0.15) is 19.8 Å². The van der Waals surface area contributed by atoms with Crippen molar-refractivity contribution >= 4 is 46.9 Å². The van der Waals surface area contributed by atoms with Crippen molar-refractivity contribution in [2.75, 3.05) is 65.9 Å². The molecule has 0 heterocycles. The number of amides is 3. The summed E-state index contributed by atoms with van der Waals surface area (Å²) >= 11 is 12.6. The molecule has 0 aliphatic heterocycles. The Morgan fingerprint density at radius 2 is 1.49 bits per heavy atom. The molecule has 0 bridgehead atoms. The first-order valence-corrected chi connectivity index (χ1v) is 13.9. The maximum absolute atomic E-state index is 12.5. The molecule has 3 amide bonds. The number of rotatable bonds is 21. The van der Waals surface area contributed by atoms with Gasteiger partial charge < -0.3 is 45.2 Å². The van der Waals surface area contributed by atoms with Gasteiger partial charge >= 0.3 is 5.97 Å². The molecular weight excluding hydrogens is 609 g/mol. The van der Waals surface area contributed by atoms with Gasteiger partial charge in [-0.3, -0.25) is 14.4 Å². The van der Waals surface area contributed by atoms with E-state index in [0.717, 1.165) is 0 Å². The van der Waals surface area contributed by atoms with Gasteiger partial charge in [0.05, 0.1) is 49.7 Å². The highest BCUT2D eigenvalue weighted by atomic mass is 35.5. The minimum atomic E-state index is -1.05. The number of hydrogen-bond donors (Lipinski definition) is 4. The summed E-state index contributed by atoms with van der Waals surface area (Å²) in [6, 6.07) is 8.24. The zero-order valence-corrected chi connectivity index (χ0v) is 25.1. The van der Waals surface area contributed by atoms with E-state index in [1.165, 1.54) is 6.07 Å².